The van der Waals surface area contributed by atoms with Gasteiger partial charge >= 0.3 is 0 Å². The highest BCUT2D eigenvalue weighted by Crippen LogP contribution is 2.22. The summed E-state index contributed by atoms with van der Waals surface area (Å²) in [5.41, 5.74) is 6.72. The van der Waals surface area contributed by atoms with Crippen LogP contribution in [0.4, 0.5) is 5.13 Å². The predicted octanol–water partition coefficient (Wildman–Crippen LogP) is 2.36. The van der Waals surface area contributed by atoms with Gasteiger partial charge in [-0.05, 0) is 18.9 Å². The molecule has 0 radical (unpaired) electrons. The predicted molar refractivity (Wildman–Crippen MR) is 83.6 cm³/mol. The summed E-state index contributed by atoms with van der Waals surface area (Å²) in [5, 5.41) is 3.77. The SMILES string of the molecule is Cc1ccccc1C(=O)c1cnc(NCCCC(N)=O)s1. The van der Waals surface area contributed by atoms with Crippen LogP contribution < -0.4 is 11.1 Å². The summed E-state index contributed by atoms with van der Waals surface area (Å²) in [7, 11) is 0. The van der Waals surface area contributed by atoms with Crippen molar-refractivity contribution in [2.45, 2.75) is 19.8 Å². The Morgan fingerprint density at radius 2 is 2.10 bits per heavy atom. The van der Waals surface area contributed by atoms with Crippen LogP contribution in [0, 0.1) is 6.92 Å². The lowest BCUT2D eigenvalue weighted by Crippen LogP contribution is -2.12. The van der Waals surface area contributed by atoms with Crippen LogP contribution in [0.5, 0.6) is 0 Å². The summed E-state index contributed by atoms with van der Waals surface area (Å²) >= 11 is 1.32. The number of thiazole rings is 1. The van der Waals surface area contributed by atoms with Gasteiger partial charge < -0.3 is 11.1 Å². The van der Waals surface area contributed by atoms with E-state index >= 15 is 0 Å². The molecular weight excluding hydrogens is 286 g/mol. The van der Waals surface area contributed by atoms with Crippen LogP contribution in [-0.4, -0.2) is 23.2 Å². The van der Waals surface area contributed by atoms with E-state index in [9.17, 15) is 9.59 Å². The number of carbonyl (C=O) groups is 2. The van der Waals surface area contributed by atoms with Crippen LogP contribution in [0.2, 0.25) is 0 Å². The van der Waals surface area contributed by atoms with E-state index in [0.29, 0.717) is 35.0 Å². The van der Waals surface area contributed by atoms with Gasteiger partial charge in [0.15, 0.2) is 5.13 Å². The second-order valence-corrected chi connectivity index (χ2v) is 5.70. The fourth-order valence-corrected chi connectivity index (χ4v) is 2.68. The number of rotatable bonds is 7. The fraction of sp³-hybridized carbons (Fsp3) is 0.267. The Kier molecular flexibility index (Phi) is 5.05. The Hall–Kier alpha value is -2.21. The summed E-state index contributed by atoms with van der Waals surface area (Å²) in [4.78, 5) is 27.8. The maximum Gasteiger partial charge on any atom is 0.217 e. The molecule has 1 aromatic heterocycles. The lowest BCUT2D eigenvalue weighted by Gasteiger charge is -2.02. The van der Waals surface area contributed by atoms with Crippen molar-refractivity contribution in [2.75, 3.05) is 11.9 Å². The standard InChI is InChI=1S/C15H17N3O2S/c1-10-5-2-3-6-11(10)14(20)12-9-18-15(21-12)17-8-4-7-13(16)19/h2-3,5-6,9H,4,7-8H2,1H3,(H2,16,19)(H,17,18). The molecule has 0 unspecified atom stereocenters. The van der Waals surface area contributed by atoms with E-state index in [1.54, 1.807) is 6.20 Å². The number of primary amides is 1. The van der Waals surface area contributed by atoms with Crippen LogP contribution >= 0.6 is 11.3 Å². The van der Waals surface area contributed by atoms with Crippen LogP contribution in [0.1, 0.15) is 33.6 Å². The first-order valence-electron chi connectivity index (χ1n) is 6.66. The number of ketones is 1. The normalized spacial score (nSPS) is 10.3. The molecule has 0 bridgehead atoms. The molecular formula is C15H17N3O2S. The number of hydrogen-bond acceptors (Lipinski definition) is 5. The number of nitrogens with one attached hydrogen (secondary N) is 1. The minimum atomic E-state index is -0.314. The molecule has 5 nitrogen and oxygen atoms in total. The largest absolute Gasteiger partial charge is 0.370 e. The summed E-state index contributed by atoms with van der Waals surface area (Å²) in [5.74, 6) is -0.331. The molecule has 2 aromatic rings. The number of amides is 1. The van der Waals surface area contributed by atoms with Gasteiger partial charge in [0.1, 0.15) is 0 Å². The third kappa shape index (κ3) is 4.13. The zero-order valence-electron chi connectivity index (χ0n) is 11.8. The summed E-state index contributed by atoms with van der Waals surface area (Å²) < 4.78 is 0. The number of nitrogens with two attached hydrogens (primary N) is 1. The molecule has 0 saturated carbocycles. The first-order valence-corrected chi connectivity index (χ1v) is 7.48. The first-order chi connectivity index (χ1) is 10.1. The van der Waals surface area contributed by atoms with E-state index in [4.69, 9.17) is 5.73 Å². The van der Waals surface area contributed by atoms with Gasteiger partial charge in [-0.1, -0.05) is 35.6 Å². The van der Waals surface area contributed by atoms with Crippen molar-refractivity contribution in [3.05, 3.63) is 46.5 Å². The Labute approximate surface area is 127 Å². The Morgan fingerprint density at radius 3 is 2.81 bits per heavy atom. The lowest BCUT2D eigenvalue weighted by molar-refractivity contribution is -0.118. The van der Waals surface area contributed by atoms with Crippen molar-refractivity contribution < 1.29 is 9.59 Å². The number of anilines is 1. The molecule has 0 saturated heterocycles. The lowest BCUT2D eigenvalue weighted by atomic mass is 10.0. The van der Waals surface area contributed by atoms with Gasteiger partial charge in [-0.25, -0.2) is 4.98 Å². The number of aromatic nitrogens is 1. The van der Waals surface area contributed by atoms with E-state index in [1.165, 1.54) is 11.3 Å². The molecule has 0 aliphatic carbocycles. The number of nitrogens with zero attached hydrogens (tertiary/aromatic N) is 1. The topological polar surface area (TPSA) is 85.1 Å². The molecule has 1 amide bonds. The van der Waals surface area contributed by atoms with Crippen molar-refractivity contribution in [1.82, 2.24) is 4.98 Å². The highest BCUT2D eigenvalue weighted by molar-refractivity contribution is 7.17. The van der Waals surface area contributed by atoms with Crippen LogP contribution in [-0.2, 0) is 4.79 Å². The highest BCUT2D eigenvalue weighted by atomic mass is 32.1. The molecule has 0 aliphatic heterocycles. The van der Waals surface area contributed by atoms with Gasteiger partial charge in [0.05, 0.1) is 11.1 Å². The average molecular weight is 303 g/mol. The van der Waals surface area contributed by atoms with Crippen LogP contribution in [0.3, 0.4) is 0 Å². The van der Waals surface area contributed by atoms with E-state index < -0.39 is 0 Å². The van der Waals surface area contributed by atoms with Gasteiger partial charge in [-0.2, -0.15) is 0 Å². The molecule has 6 heteroatoms. The quantitative estimate of drug-likeness (QED) is 0.607. The maximum atomic E-state index is 12.4. The minimum Gasteiger partial charge on any atom is -0.370 e. The average Bonchev–Trinajstić information content (AvgIpc) is 2.92. The summed E-state index contributed by atoms with van der Waals surface area (Å²) in [6.07, 6.45) is 2.57. The maximum absolute atomic E-state index is 12.4. The van der Waals surface area contributed by atoms with Crippen molar-refractivity contribution in [3.63, 3.8) is 0 Å². The number of hydrogen-bond donors (Lipinski definition) is 2. The Bertz CT molecular complexity index is 652. The molecule has 0 atom stereocenters. The zero-order valence-corrected chi connectivity index (χ0v) is 12.6. The smallest absolute Gasteiger partial charge is 0.217 e. The van der Waals surface area contributed by atoms with Gasteiger partial charge in [0, 0.05) is 18.5 Å². The molecule has 1 aromatic carbocycles. The Balaban J connectivity index is 1.98. The molecule has 1 heterocycles. The first kappa shape index (κ1) is 15.2. The summed E-state index contributed by atoms with van der Waals surface area (Å²) in [6, 6.07) is 7.49. The number of aryl methyl sites for hydroxylation is 1. The van der Waals surface area contributed by atoms with Crippen LogP contribution in [0.25, 0.3) is 0 Å². The molecule has 110 valence electrons. The zero-order chi connectivity index (χ0) is 15.2. The molecule has 0 fully saturated rings. The minimum absolute atomic E-state index is 0.0178. The number of benzene rings is 1. The second kappa shape index (κ2) is 6.99. The third-order valence-electron chi connectivity index (χ3n) is 3.00. The van der Waals surface area contributed by atoms with Crippen molar-refractivity contribution >= 4 is 28.2 Å². The van der Waals surface area contributed by atoms with Gasteiger partial charge in [0.25, 0.3) is 0 Å². The summed E-state index contributed by atoms with van der Waals surface area (Å²) in [6.45, 7) is 2.52. The van der Waals surface area contributed by atoms with Gasteiger partial charge in [-0.15, -0.1) is 0 Å². The number of carbonyl (C=O) groups excluding carboxylic acids is 2. The van der Waals surface area contributed by atoms with Crippen molar-refractivity contribution in [2.24, 2.45) is 5.73 Å². The Morgan fingerprint density at radius 1 is 1.33 bits per heavy atom. The van der Waals surface area contributed by atoms with Crippen molar-refractivity contribution in [3.8, 4) is 0 Å². The van der Waals surface area contributed by atoms with Crippen molar-refractivity contribution in [1.29, 1.82) is 0 Å². The van der Waals surface area contributed by atoms with E-state index in [2.05, 4.69) is 10.3 Å². The van der Waals surface area contributed by atoms with Gasteiger partial charge in [-0.3, -0.25) is 9.59 Å². The highest BCUT2D eigenvalue weighted by Gasteiger charge is 2.14. The van der Waals surface area contributed by atoms with E-state index in [-0.39, 0.29) is 11.7 Å². The molecule has 3 N–H and O–H groups in total. The van der Waals surface area contributed by atoms with Gasteiger partial charge in [0.2, 0.25) is 11.7 Å². The third-order valence-corrected chi connectivity index (χ3v) is 3.95. The monoisotopic (exact) mass is 303 g/mol. The van der Waals surface area contributed by atoms with E-state index in [1.807, 2.05) is 31.2 Å². The molecule has 0 spiro atoms. The molecule has 21 heavy (non-hydrogen) atoms. The van der Waals surface area contributed by atoms with E-state index in [0.717, 1.165) is 5.56 Å². The molecule has 0 aliphatic rings. The second-order valence-electron chi connectivity index (χ2n) is 4.67. The van der Waals surface area contributed by atoms with Crippen LogP contribution in [0.15, 0.2) is 30.5 Å². The fourth-order valence-electron chi connectivity index (χ4n) is 1.88. The molecule has 2 rings (SSSR count).